The molecule has 1 amide bonds. The van der Waals surface area contributed by atoms with Gasteiger partial charge in [0.15, 0.2) is 0 Å². The predicted molar refractivity (Wildman–Crippen MR) is 138 cm³/mol. The number of nitrogens with zero attached hydrogens (tertiary/aromatic N) is 2. The lowest BCUT2D eigenvalue weighted by atomic mass is 9.92. The Morgan fingerprint density at radius 1 is 1.18 bits per heavy atom. The van der Waals surface area contributed by atoms with Gasteiger partial charge >= 0.3 is 6.09 Å². The highest BCUT2D eigenvalue weighted by Crippen LogP contribution is 2.45. The van der Waals surface area contributed by atoms with Gasteiger partial charge in [0.25, 0.3) is 0 Å². The molecular weight excluding hydrogens is 452 g/mol. The molecular formula is C26H31ClN4O3. The number of halogens is 1. The van der Waals surface area contributed by atoms with Crippen molar-refractivity contribution in [2.75, 3.05) is 42.3 Å². The van der Waals surface area contributed by atoms with Gasteiger partial charge in [-0.2, -0.15) is 0 Å². The molecule has 1 aliphatic carbocycles. The number of nitrogens with one attached hydrogen (secondary N) is 1. The number of nitrogens with two attached hydrogens (primary N) is 1. The van der Waals surface area contributed by atoms with Gasteiger partial charge in [-0.1, -0.05) is 17.7 Å². The van der Waals surface area contributed by atoms with E-state index in [1.165, 1.54) is 12.1 Å². The lowest BCUT2D eigenvalue weighted by molar-refractivity contribution is 0.122. The van der Waals surface area contributed by atoms with Gasteiger partial charge in [-0.3, -0.25) is 5.32 Å². The molecule has 8 heteroatoms. The lowest BCUT2D eigenvalue weighted by Gasteiger charge is -2.31. The van der Waals surface area contributed by atoms with Crippen molar-refractivity contribution in [3.8, 4) is 11.3 Å². The van der Waals surface area contributed by atoms with Crippen LogP contribution in [0.1, 0.15) is 39.2 Å². The summed E-state index contributed by atoms with van der Waals surface area (Å²) in [5.41, 5.74) is 12.3. The summed E-state index contributed by atoms with van der Waals surface area (Å²) in [5, 5.41) is 4.21. The number of ether oxygens (including phenoxy) is 2. The van der Waals surface area contributed by atoms with Gasteiger partial charge in [-0.25, -0.2) is 4.79 Å². The SMILES string of the molecule is CC(C)OC(=O)Nc1ccc(-c2c(N)c3ccc(N4CCOCC4)cc3n2C2CCC2)cc1Cl. The summed E-state index contributed by atoms with van der Waals surface area (Å²) in [4.78, 5) is 14.4. The summed E-state index contributed by atoms with van der Waals surface area (Å²) in [6.07, 6.45) is 2.74. The molecule has 1 aromatic heterocycles. The first kappa shape index (κ1) is 22.9. The molecule has 0 radical (unpaired) electrons. The topological polar surface area (TPSA) is 81.8 Å². The van der Waals surface area contributed by atoms with E-state index in [1.807, 2.05) is 12.1 Å². The number of rotatable bonds is 5. The second kappa shape index (κ2) is 9.39. The molecule has 3 aromatic rings. The fraction of sp³-hybridized carbons (Fsp3) is 0.423. The molecule has 0 spiro atoms. The van der Waals surface area contributed by atoms with Crippen molar-refractivity contribution in [1.29, 1.82) is 0 Å². The van der Waals surface area contributed by atoms with Crippen LogP contribution in [-0.2, 0) is 9.47 Å². The van der Waals surface area contributed by atoms with Gasteiger partial charge in [0.05, 0.1) is 46.9 Å². The highest BCUT2D eigenvalue weighted by atomic mass is 35.5. The Bertz CT molecular complexity index is 1210. The van der Waals surface area contributed by atoms with Crippen LogP contribution in [-0.4, -0.2) is 43.1 Å². The fourth-order valence-electron chi connectivity index (χ4n) is 4.78. The van der Waals surface area contributed by atoms with Crippen molar-refractivity contribution < 1.29 is 14.3 Å². The van der Waals surface area contributed by atoms with E-state index in [1.54, 1.807) is 19.9 Å². The van der Waals surface area contributed by atoms with Gasteiger partial charge in [0.1, 0.15) is 0 Å². The zero-order valence-corrected chi connectivity index (χ0v) is 20.4. The number of anilines is 3. The van der Waals surface area contributed by atoms with E-state index >= 15 is 0 Å². The number of aromatic nitrogens is 1. The summed E-state index contributed by atoms with van der Waals surface area (Å²) in [5.74, 6) is 0. The van der Waals surface area contributed by atoms with E-state index in [9.17, 15) is 4.79 Å². The van der Waals surface area contributed by atoms with Crippen molar-refractivity contribution in [2.24, 2.45) is 0 Å². The Morgan fingerprint density at radius 2 is 1.94 bits per heavy atom. The zero-order chi connectivity index (χ0) is 23.8. The maximum atomic E-state index is 12.0. The van der Waals surface area contributed by atoms with E-state index in [2.05, 4.69) is 33.0 Å². The standard InChI is InChI=1S/C26H31ClN4O3/c1-16(2)34-26(32)29-22-9-6-17(14-21(22)27)25-24(28)20-8-7-19(30-10-12-33-13-11-30)15-23(20)31(25)18-4-3-5-18/h6-9,14-16,18H,3-5,10-13,28H2,1-2H3,(H,29,32). The number of fused-ring (bicyclic) bond motifs is 1. The first-order valence-corrected chi connectivity index (χ1v) is 12.3. The number of carbonyl (C=O) groups is 1. The largest absolute Gasteiger partial charge is 0.447 e. The summed E-state index contributed by atoms with van der Waals surface area (Å²) in [6.45, 7) is 6.88. The number of morpholine rings is 1. The minimum Gasteiger partial charge on any atom is -0.447 e. The van der Waals surface area contributed by atoms with Gasteiger partial charge in [-0.15, -0.1) is 0 Å². The molecule has 7 nitrogen and oxygen atoms in total. The molecule has 2 heterocycles. The first-order valence-electron chi connectivity index (χ1n) is 12.0. The highest BCUT2D eigenvalue weighted by molar-refractivity contribution is 6.34. The number of amides is 1. The van der Waals surface area contributed by atoms with Crippen LogP contribution in [0.4, 0.5) is 21.9 Å². The van der Waals surface area contributed by atoms with Crippen molar-refractivity contribution in [2.45, 2.75) is 45.3 Å². The fourth-order valence-corrected chi connectivity index (χ4v) is 5.01. The summed E-state index contributed by atoms with van der Waals surface area (Å²) >= 11 is 6.58. The molecule has 2 aliphatic rings. The highest BCUT2D eigenvalue weighted by Gasteiger charge is 2.28. The molecule has 180 valence electrons. The van der Waals surface area contributed by atoms with Crippen molar-refractivity contribution in [1.82, 2.24) is 4.57 Å². The van der Waals surface area contributed by atoms with Crippen molar-refractivity contribution in [3.05, 3.63) is 41.4 Å². The third kappa shape index (κ3) is 4.30. The molecule has 0 atom stereocenters. The number of nitrogen functional groups attached to an aromatic ring is 1. The average molecular weight is 483 g/mol. The van der Waals surface area contributed by atoms with Crippen LogP contribution in [0.15, 0.2) is 36.4 Å². The van der Waals surface area contributed by atoms with Crippen molar-refractivity contribution in [3.63, 3.8) is 0 Å². The van der Waals surface area contributed by atoms with E-state index in [0.29, 0.717) is 16.8 Å². The molecule has 2 fully saturated rings. The molecule has 34 heavy (non-hydrogen) atoms. The van der Waals surface area contributed by atoms with Crippen LogP contribution in [0, 0.1) is 0 Å². The molecule has 2 aromatic carbocycles. The van der Waals surface area contributed by atoms with E-state index < -0.39 is 6.09 Å². The Kier molecular flexibility index (Phi) is 6.32. The molecule has 0 bridgehead atoms. The Labute approximate surface area is 204 Å². The Balaban J connectivity index is 1.55. The smallest absolute Gasteiger partial charge is 0.411 e. The zero-order valence-electron chi connectivity index (χ0n) is 19.6. The van der Waals surface area contributed by atoms with Gasteiger partial charge in [0.2, 0.25) is 0 Å². The molecule has 1 saturated heterocycles. The normalized spacial score (nSPS) is 16.6. The molecule has 0 unspecified atom stereocenters. The van der Waals surface area contributed by atoms with E-state index in [4.69, 9.17) is 26.8 Å². The third-order valence-electron chi connectivity index (χ3n) is 6.67. The number of carbonyl (C=O) groups excluding carboxylic acids is 1. The first-order chi connectivity index (χ1) is 16.4. The third-order valence-corrected chi connectivity index (χ3v) is 6.98. The second-order valence-electron chi connectivity index (χ2n) is 9.29. The van der Waals surface area contributed by atoms with Crippen LogP contribution in [0.5, 0.6) is 0 Å². The van der Waals surface area contributed by atoms with Crippen LogP contribution in [0.2, 0.25) is 5.02 Å². The van der Waals surface area contributed by atoms with Gasteiger partial charge < -0.3 is 24.7 Å². The summed E-state index contributed by atoms with van der Waals surface area (Å²) < 4.78 is 13.1. The average Bonchev–Trinajstić information content (AvgIpc) is 3.06. The second-order valence-corrected chi connectivity index (χ2v) is 9.70. The van der Waals surface area contributed by atoms with E-state index in [0.717, 1.165) is 67.0 Å². The quantitative estimate of drug-likeness (QED) is 0.461. The number of hydrogen-bond acceptors (Lipinski definition) is 5. The van der Waals surface area contributed by atoms with Gasteiger partial charge in [-0.05, 0) is 63.4 Å². The lowest BCUT2D eigenvalue weighted by Crippen LogP contribution is -2.36. The van der Waals surface area contributed by atoms with Gasteiger partial charge in [0, 0.05) is 35.8 Å². The van der Waals surface area contributed by atoms with Crippen LogP contribution < -0.4 is 16.0 Å². The molecule has 3 N–H and O–H groups in total. The molecule has 1 aliphatic heterocycles. The Morgan fingerprint density at radius 3 is 2.59 bits per heavy atom. The monoisotopic (exact) mass is 482 g/mol. The molecule has 5 rings (SSSR count). The predicted octanol–water partition coefficient (Wildman–Crippen LogP) is 6.06. The summed E-state index contributed by atoms with van der Waals surface area (Å²) in [6, 6.07) is 12.6. The molecule has 1 saturated carbocycles. The minimum absolute atomic E-state index is 0.210. The maximum Gasteiger partial charge on any atom is 0.411 e. The minimum atomic E-state index is -0.525. The van der Waals surface area contributed by atoms with E-state index in [-0.39, 0.29) is 6.10 Å². The van der Waals surface area contributed by atoms with Crippen LogP contribution in [0.25, 0.3) is 22.2 Å². The van der Waals surface area contributed by atoms with Crippen molar-refractivity contribution >= 4 is 45.7 Å². The maximum absolute atomic E-state index is 12.0. The summed E-state index contributed by atoms with van der Waals surface area (Å²) in [7, 11) is 0. The van der Waals surface area contributed by atoms with Crippen LogP contribution in [0.3, 0.4) is 0 Å². The Hall–Kier alpha value is -2.90. The number of benzene rings is 2. The van der Waals surface area contributed by atoms with Crippen LogP contribution >= 0.6 is 11.6 Å². The number of hydrogen-bond donors (Lipinski definition) is 2.